The monoisotopic (exact) mass is 272 g/mol. The van der Waals surface area contributed by atoms with E-state index in [1.807, 2.05) is 12.1 Å². The minimum absolute atomic E-state index is 0.118. The Kier molecular flexibility index (Phi) is 5.49. The van der Waals surface area contributed by atoms with Crippen molar-refractivity contribution < 1.29 is 9.84 Å². The third-order valence-electron chi connectivity index (χ3n) is 3.92. The number of hydrogen-bond acceptors (Lipinski definition) is 2. The van der Waals surface area contributed by atoms with Crippen LogP contribution < -0.4 is 4.74 Å². The van der Waals surface area contributed by atoms with Crippen LogP contribution in [0.2, 0.25) is 0 Å². The Balaban J connectivity index is 1.97. The lowest BCUT2D eigenvalue weighted by atomic mass is 9.89. The summed E-state index contributed by atoms with van der Waals surface area (Å²) in [6.07, 6.45) is 5.77. The quantitative estimate of drug-likeness (QED) is 0.850. The third kappa shape index (κ3) is 4.28. The van der Waals surface area contributed by atoms with E-state index in [-0.39, 0.29) is 6.61 Å². The fourth-order valence-electron chi connectivity index (χ4n) is 2.60. The molecule has 1 aromatic carbocycles. The Morgan fingerprint density at radius 1 is 1.25 bits per heavy atom. The van der Waals surface area contributed by atoms with Gasteiger partial charge in [0.1, 0.15) is 5.75 Å². The summed E-state index contributed by atoms with van der Waals surface area (Å²) in [6, 6.07) is 6.09. The van der Waals surface area contributed by atoms with Crippen molar-refractivity contribution in [1.29, 1.82) is 0 Å². The van der Waals surface area contributed by atoms with Crippen molar-refractivity contribution in [3.8, 4) is 17.6 Å². The molecule has 2 nitrogen and oxygen atoms in total. The first-order valence-electron chi connectivity index (χ1n) is 7.56. The van der Waals surface area contributed by atoms with E-state index in [4.69, 9.17) is 9.84 Å². The molecule has 1 aromatic rings. The SMILES string of the molecule is Cc1cc(OC2CCC(C)CC2)ccc1C#CCCO. The molecule has 0 radical (unpaired) electrons. The fraction of sp³-hybridized carbons (Fsp3) is 0.556. The normalized spacial score (nSPS) is 21.9. The van der Waals surface area contributed by atoms with Crippen LogP contribution in [0.25, 0.3) is 0 Å². The first-order chi connectivity index (χ1) is 9.69. The van der Waals surface area contributed by atoms with E-state index in [2.05, 4.69) is 31.8 Å². The Labute approximate surface area is 122 Å². The van der Waals surface area contributed by atoms with Crippen LogP contribution in [0.5, 0.6) is 5.75 Å². The molecule has 1 aliphatic carbocycles. The van der Waals surface area contributed by atoms with Crippen LogP contribution in [-0.4, -0.2) is 17.8 Å². The minimum Gasteiger partial charge on any atom is -0.490 e. The maximum absolute atomic E-state index is 8.74. The van der Waals surface area contributed by atoms with Gasteiger partial charge in [0.15, 0.2) is 0 Å². The molecule has 0 amide bonds. The average Bonchev–Trinajstić information content (AvgIpc) is 2.44. The number of aryl methyl sites for hydroxylation is 1. The van der Waals surface area contributed by atoms with Gasteiger partial charge in [-0.25, -0.2) is 0 Å². The Morgan fingerprint density at radius 3 is 2.65 bits per heavy atom. The molecule has 1 N–H and O–H groups in total. The Bertz CT molecular complexity index is 488. The highest BCUT2D eigenvalue weighted by Gasteiger charge is 2.19. The number of hydrogen-bond donors (Lipinski definition) is 1. The molecule has 2 rings (SSSR count). The molecule has 20 heavy (non-hydrogen) atoms. The van der Waals surface area contributed by atoms with Gasteiger partial charge >= 0.3 is 0 Å². The standard InChI is InChI=1S/C18H24O2/c1-14-6-9-17(10-7-14)20-18-11-8-16(15(2)13-18)5-3-4-12-19/h8,11,13-14,17,19H,4,6-7,9-10,12H2,1-2H3. The topological polar surface area (TPSA) is 29.5 Å². The van der Waals surface area contributed by atoms with Gasteiger partial charge in [-0.1, -0.05) is 18.8 Å². The summed E-state index contributed by atoms with van der Waals surface area (Å²) in [6.45, 7) is 4.49. The van der Waals surface area contributed by atoms with Crippen molar-refractivity contribution in [2.45, 2.75) is 52.1 Å². The van der Waals surface area contributed by atoms with Crippen molar-refractivity contribution >= 4 is 0 Å². The summed E-state index contributed by atoms with van der Waals surface area (Å²) in [5, 5.41) is 8.74. The highest BCUT2D eigenvalue weighted by Crippen LogP contribution is 2.27. The minimum atomic E-state index is 0.118. The van der Waals surface area contributed by atoms with Crippen LogP contribution in [0, 0.1) is 24.7 Å². The predicted octanol–water partition coefficient (Wildman–Crippen LogP) is 3.69. The van der Waals surface area contributed by atoms with Crippen molar-refractivity contribution in [1.82, 2.24) is 0 Å². The van der Waals surface area contributed by atoms with Gasteiger partial charge in [-0.15, -0.1) is 0 Å². The molecule has 0 bridgehead atoms. The van der Waals surface area contributed by atoms with E-state index < -0.39 is 0 Å². The summed E-state index contributed by atoms with van der Waals surface area (Å²) in [7, 11) is 0. The lowest BCUT2D eigenvalue weighted by Crippen LogP contribution is -2.23. The number of rotatable bonds is 3. The van der Waals surface area contributed by atoms with Crippen molar-refractivity contribution in [3.05, 3.63) is 29.3 Å². The van der Waals surface area contributed by atoms with Crippen molar-refractivity contribution in [3.63, 3.8) is 0 Å². The van der Waals surface area contributed by atoms with E-state index in [1.54, 1.807) is 0 Å². The zero-order valence-electron chi connectivity index (χ0n) is 12.5. The zero-order chi connectivity index (χ0) is 14.4. The molecule has 1 saturated carbocycles. The van der Waals surface area contributed by atoms with Gasteiger partial charge in [0.05, 0.1) is 12.7 Å². The fourth-order valence-corrected chi connectivity index (χ4v) is 2.60. The highest BCUT2D eigenvalue weighted by atomic mass is 16.5. The van der Waals surface area contributed by atoms with E-state index >= 15 is 0 Å². The van der Waals surface area contributed by atoms with Gasteiger partial charge in [-0.2, -0.15) is 0 Å². The van der Waals surface area contributed by atoms with Gasteiger partial charge in [0.25, 0.3) is 0 Å². The lowest BCUT2D eigenvalue weighted by Gasteiger charge is -2.27. The van der Waals surface area contributed by atoms with Gasteiger partial charge in [-0.3, -0.25) is 0 Å². The smallest absolute Gasteiger partial charge is 0.120 e. The molecule has 0 spiro atoms. The molecule has 0 aliphatic heterocycles. The van der Waals surface area contributed by atoms with Crippen LogP contribution in [0.4, 0.5) is 0 Å². The van der Waals surface area contributed by atoms with Gasteiger partial charge in [0.2, 0.25) is 0 Å². The van der Waals surface area contributed by atoms with E-state index in [0.717, 1.165) is 35.6 Å². The van der Waals surface area contributed by atoms with E-state index in [0.29, 0.717) is 12.5 Å². The van der Waals surface area contributed by atoms with E-state index in [9.17, 15) is 0 Å². The summed E-state index contributed by atoms with van der Waals surface area (Å²) in [4.78, 5) is 0. The van der Waals surface area contributed by atoms with Crippen LogP contribution in [-0.2, 0) is 0 Å². The molecule has 0 saturated heterocycles. The van der Waals surface area contributed by atoms with Crippen LogP contribution in [0.3, 0.4) is 0 Å². The molecule has 108 valence electrons. The molecule has 0 atom stereocenters. The molecule has 2 heteroatoms. The number of ether oxygens (including phenoxy) is 1. The lowest BCUT2D eigenvalue weighted by molar-refractivity contribution is 0.135. The van der Waals surface area contributed by atoms with Crippen molar-refractivity contribution in [2.75, 3.05) is 6.61 Å². The number of aliphatic hydroxyl groups excluding tert-OH is 1. The Morgan fingerprint density at radius 2 is 2.00 bits per heavy atom. The summed E-state index contributed by atoms with van der Waals surface area (Å²) < 4.78 is 6.08. The molecule has 1 fully saturated rings. The maximum atomic E-state index is 8.74. The average molecular weight is 272 g/mol. The zero-order valence-corrected chi connectivity index (χ0v) is 12.5. The largest absolute Gasteiger partial charge is 0.490 e. The summed E-state index contributed by atoms with van der Waals surface area (Å²) >= 11 is 0. The van der Waals surface area contributed by atoms with Gasteiger partial charge < -0.3 is 9.84 Å². The van der Waals surface area contributed by atoms with Crippen LogP contribution >= 0.6 is 0 Å². The third-order valence-corrected chi connectivity index (χ3v) is 3.92. The molecule has 1 aliphatic rings. The molecule has 0 unspecified atom stereocenters. The molecule has 0 heterocycles. The van der Waals surface area contributed by atoms with Gasteiger partial charge in [-0.05, 0) is 62.3 Å². The number of aliphatic hydroxyl groups is 1. The van der Waals surface area contributed by atoms with Crippen LogP contribution in [0.15, 0.2) is 18.2 Å². The highest BCUT2D eigenvalue weighted by molar-refractivity contribution is 5.44. The second-order valence-corrected chi connectivity index (χ2v) is 5.75. The number of benzene rings is 1. The van der Waals surface area contributed by atoms with Gasteiger partial charge in [0, 0.05) is 12.0 Å². The molecule has 0 aromatic heterocycles. The summed E-state index contributed by atoms with van der Waals surface area (Å²) in [5.41, 5.74) is 2.15. The first kappa shape index (κ1) is 14.9. The molecular formula is C18H24O2. The first-order valence-corrected chi connectivity index (χ1v) is 7.56. The predicted molar refractivity (Wildman–Crippen MR) is 81.8 cm³/mol. The maximum Gasteiger partial charge on any atom is 0.120 e. The van der Waals surface area contributed by atoms with Crippen LogP contribution in [0.1, 0.15) is 50.2 Å². The Hall–Kier alpha value is -1.46. The second-order valence-electron chi connectivity index (χ2n) is 5.75. The molecular weight excluding hydrogens is 248 g/mol. The van der Waals surface area contributed by atoms with E-state index in [1.165, 1.54) is 12.8 Å². The second kappa shape index (κ2) is 7.36. The van der Waals surface area contributed by atoms with Crippen molar-refractivity contribution in [2.24, 2.45) is 5.92 Å². The summed E-state index contributed by atoms with van der Waals surface area (Å²) in [5.74, 6) is 7.84.